The van der Waals surface area contributed by atoms with Crippen LogP contribution >= 0.6 is 23.1 Å². The summed E-state index contributed by atoms with van der Waals surface area (Å²) >= 11 is 3.07. The molecule has 5 rings (SSSR count). The number of hydrogen-bond donors (Lipinski definition) is 1. The molecule has 0 aliphatic rings. The number of thioether (sulfide) groups is 1. The molecule has 0 aliphatic carbocycles. The number of carbonyl (C=O) groups is 1. The molecule has 0 spiro atoms. The highest BCUT2D eigenvalue weighted by Crippen LogP contribution is 2.31. The SMILES string of the molecule is CCn1c(SCC(=O)Nc2ccc(-c3nc4ccc(C)cc4s3)cc2)nnc1-c1cccc(C)c1. The van der Waals surface area contributed by atoms with Gasteiger partial charge in [-0.1, -0.05) is 41.6 Å². The minimum Gasteiger partial charge on any atom is -0.325 e. The van der Waals surface area contributed by atoms with Gasteiger partial charge in [0.05, 0.1) is 16.0 Å². The summed E-state index contributed by atoms with van der Waals surface area (Å²) < 4.78 is 3.22. The van der Waals surface area contributed by atoms with Crippen LogP contribution in [0.2, 0.25) is 0 Å². The molecule has 35 heavy (non-hydrogen) atoms. The number of fused-ring (bicyclic) bond motifs is 1. The third kappa shape index (κ3) is 5.13. The number of benzene rings is 3. The van der Waals surface area contributed by atoms with Crippen molar-refractivity contribution in [3.63, 3.8) is 0 Å². The van der Waals surface area contributed by atoms with Gasteiger partial charge in [0.2, 0.25) is 5.91 Å². The highest BCUT2D eigenvalue weighted by atomic mass is 32.2. The molecule has 3 aromatic carbocycles. The molecule has 0 radical (unpaired) electrons. The van der Waals surface area contributed by atoms with Gasteiger partial charge in [0.25, 0.3) is 0 Å². The zero-order valence-electron chi connectivity index (χ0n) is 19.8. The van der Waals surface area contributed by atoms with Gasteiger partial charge in [-0.3, -0.25) is 4.79 Å². The number of aromatic nitrogens is 4. The standard InChI is InChI=1S/C27H25N5OS2/c1-4-32-25(20-7-5-6-17(2)14-20)30-31-27(32)34-16-24(33)28-21-11-9-19(10-12-21)26-29-22-13-8-18(3)15-23(22)35-26/h5-15H,4,16H2,1-3H3,(H,28,33). The predicted molar refractivity (Wildman–Crippen MR) is 145 cm³/mol. The highest BCUT2D eigenvalue weighted by molar-refractivity contribution is 7.99. The maximum atomic E-state index is 12.6. The van der Waals surface area contributed by atoms with Crippen molar-refractivity contribution in [2.45, 2.75) is 32.5 Å². The number of amides is 1. The Bertz CT molecular complexity index is 1500. The first-order valence-electron chi connectivity index (χ1n) is 11.4. The molecular weight excluding hydrogens is 474 g/mol. The van der Waals surface area contributed by atoms with E-state index in [0.717, 1.165) is 44.9 Å². The van der Waals surface area contributed by atoms with Crippen LogP contribution < -0.4 is 5.32 Å². The normalized spacial score (nSPS) is 11.2. The number of hydrogen-bond acceptors (Lipinski definition) is 6. The minimum absolute atomic E-state index is 0.0824. The molecule has 0 saturated heterocycles. The zero-order chi connectivity index (χ0) is 24.4. The van der Waals surface area contributed by atoms with Gasteiger partial charge >= 0.3 is 0 Å². The number of anilines is 1. The lowest BCUT2D eigenvalue weighted by atomic mass is 10.1. The van der Waals surface area contributed by atoms with Gasteiger partial charge in [0, 0.05) is 23.4 Å². The fourth-order valence-corrected chi connectivity index (χ4v) is 5.73. The van der Waals surface area contributed by atoms with E-state index in [1.165, 1.54) is 27.6 Å². The van der Waals surface area contributed by atoms with Crippen molar-refractivity contribution >= 4 is 44.9 Å². The number of thiazole rings is 1. The smallest absolute Gasteiger partial charge is 0.234 e. The molecule has 0 bridgehead atoms. The first-order chi connectivity index (χ1) is 17.0. The van der Waals surface area contributed by atoms with Crippen molar-refractivity contribution in [1.29, 1.82) is 0 Å². The van der Waals surface area contributed by atoms with E-state index in [1.807, 2.05) is 41.0 Å². The minimum atomic E-state index is -0.0824. The Kier molecular flexibility index (Phi) is 6.66. The Labute approximate surface area is 212 Å². The van der Waals surface area contributed by atoms with E-state index < -0.39 is 0 Å². The summed E-state index contributed by atoms with van der Waals surface area (Å²) in [5.74, 6) is 0.992. The zero-order valence-corrected chi connectivity index (χ0v) is 21.4. The lowest BCUT2D eigenvalue weighted by Crippen LogP contribution is -2.14. The van der Waals surface area contributed by atoms with Crippen LogP contribution in [0.1, 0.15) is 18.1 Å². The summed E-state index contributed by atoms with van der Waals surface area (Å²) in [7, 11) is 0. The van der Waals surface area contributed by atoms with E-state index in [4.69, 9.17) is 4.98 Å². The summed E-state index contributed by atoms with van der Waals surface area (Å²) in [5, 5.41) is 13.4. The van der Waals surface area contributed by atoms with E-state index >= 15 is 0 Å². The molecule has 176 valence electrons. The molecule has 2 aromatic heterocycles. The van der Waals surface area contributed by atoms with E-state index in [2.05, 4.69) is 66.6 Å². The maximum absolute atomic E-state index is 12.6. The van der Waals surface area contributed by atoms with Gasteiger partial charge in [-0.25, -0.2) is 4.98 Å². The Morgan fingerprint density at radius 1 is 0.971 bits per heavy atom. The van der Waals surface area contributed by atoms with Crippen molar-refractivity contribution in [2.24, 2.45) is 0 Å². The molecule has 0 fully saturated rings. The molecule has 8 heteroatoms. The highest BCUT2D eigenvalue weighted by Gasteiger charge is 2.15. The first-order valence-corrected chi connectivity index (χ1v) is 13.2. The van der Waals surface area contributed by atoms with Crippen LogP contribution in [0, 0.1) is 13.8 Å². The molecular formula is C27H25N5OS2. The predicted octanol–water partition coefficient (Wildman–Crippen LogP) is 6.59. The third-order valence-electron chi connectivity index (χ3n) is 5.60. The fraction of sp³-hybridized carbons (Fsp3) is 0.185. The lowest BCUT2D eigenvalue weighted by Gasteiger charge is -2.08. The van der Waals surface area contributed by atoms with Gasteiger partial charge in [-0.15, -0.1) is 21.5 Å². The average Bonchev–Trinajstić information content (AvgIpc) is 3.46. The molecule has 0 unspecified atom stereocenters. The lowest BCUT2D eigenvalue weighted by molar-refractivity contribution is -0.113. The second-order valence-electron chi connectivity index (χ2n) is 8.32. The largest absolute Gasteiger partial charge is 0.325 e. The molecule has 0 aliphatic heterocycles. The molecule has 0 saturated carbocycles. The summed E-state index contributed by atoms with van der Waals surface area (Å²) in [6.07, 6.45) is 0. The molecule has 5 aromatic rings. The molecule has 0 atom stereocenters. The van der Waals surface area contributed by atoms with Gasteiger partial charge in [-0.2, -0.15) is 0 Å². The van der Waals surface area contributed by atoms with E-state index in [9.17, 15) is 4.79 Å². The summed E-state index contributed by atoms with van der Waals surface area (Å²) in [5.41, 5.74) is 6.23. The van der Waals surface area contributed by atoms with Crippen LogP contribution in [0.3, 0.4) is 0 Å². The van der Waals surface area contributed by atoms with Crippen molar-refractivity contribution in [1.82, 2.24) is 19.7 Å². The van der Waals surface area contributed by atoms with Crippen LogP contribution in [0.4, 0.5) is 5.69 Å². The van der Waals surface area contributed by atoms with Crippen LogP contribution in [-0.2, 0) is 11.3 Å². The molecule has 2 heterocycles. The van der Waals surface area contributed by atoms with Crippen molar-refractivity contribution in [3.05, 3.63) is 77.9 Å². The van der Waals surface area contributed by atoms with E-state index in [1.54, 1.807) is 11.3 Å². The van der Waals surface area contributed by atoms with Crippen LogP contribution in [0.15, 0.2) is 71.9 Å². The average molecular weight is 500 g/mol. The third-order valence-corrected chi connectivity index (χ3v) is 7.64. The van der Waals surface area contributed by atoms with Gasteiger partial charge in [-0.05, 0) is 68.8 Å². The number of nitrogens with one attached hydrogen (secondary N) is 1. The van der Waals surface area contributed by atoms with Crippen molar-refractivity contribution < 1.29 is 4.79 Å². The number of rotatable bonds is 7. The molecule has 6 nitrogen and oxygen atoms in total. The number of nitrogens with zero attached hydrogens (tertiary/aromatic N) is 4. The van der Waals surface area contributed by atoms with Gasteiger partial charge in [0.15, 0.2) is 11.0 Å². The Hall–Kier alpha value is -3.49. The molecule has 1 N–H and O–H groups in total. The van der Waals surface area contributed by atoms with Gasteiger partial charge in [0.1, 0.15) is 5.01 Å². The van der Waals surface area contributed by atoms with Gasteiger partial charge < -0.3 is 9.88 Å². The number of aryl methyl sites for hydroxylation is 2. The fourth-order valence-electron chi connectivity index (χ4n) is 3.86. The molecule has 1 amide bonds. The second kappa shape index (κ2) is 10.0. The van der Waals surface area contributed by atoms with Crippen molar-refractivity contribution in [2.75, 3.05) is 11.1 Å². The summed E-state index contributed by atoms with van der Waals surface area (Å²) in [6.45, 7) is 6.93. The Balaban J connectivity index is 1.23. The Morgan fingerprint density at radius 2 is 1.77 bits per heavy atom. The Morgan fingerprint density at radius 3 is 2.54 bits per heavy atom. The van der Waals surface area contributed by atoms with Crippen molar-refractivity contribution in [3.8, 4) is 22.0 Å². The van der Waals surface area contributed by atoms with Crippen LogP contribution in [0.25, 0.3) is 32.2 Å². The summed E-state index contributed by atoms with van der Waals surface area (Å²) in [4.78, 5) is 17.3. The maximum Gasteiger partial charge on any atom is 0.234 e. The quantitative estimate of drug-likeness (QED) is 0.256. The number of carbonyl (C=O) groups excluding carboxylic acids is 1. The van der Waals surface area contributed by atoms with Crippen LogP contribution in [0.5, 0.6) is 0 Å². The van der Waals surface area contributed by atoms with E-state index in [0.29, 0.717) is 0 Å². The first kappa shape index (κ1) is 23.3. The van der Waals surface area contributed by atoms with Crippen LogP contribution in [-0.4, -0.2) is 31.4 Å². The summed E-state index contributed by atoms with van der Waals surface area (Å²) in [6, 6.07) is 22.3. The second-order valence-corrected chi connectivity index (χ2v) is 10.3. The topological polar surface area (TPSA) is 72.7 Å². The monoisotopic (exact) mass is 499 g/mol. The van der Waals surface area contributed by atoms with E-state index in [-0.39, 0.29) is 11.7 Å².